The third-order valence-electron chi connectivity index (χ3n) is 3.10. The van der Waals surface area contributed by atoms with Crippen molar-refractivity contribution in [2.24, 2.45) is 0 Å². The summed E-state index contributed by atoms with van der Waals surface area (Å²) >= 11 is 0. The molecule has 6 heteroatoms. The Hall–Kier alpha value is -0.170. The number of piperidine rings is 1. The number of nitrogens with one attached hydrogen (secondary N) is 2. The normalized spacial score (nSPS) is 20.7. The number of nitrogens with zero attached hydrogens (tertiary/aromatic N) is 1. The van der Waals surface area contributed by atoms with E-state index >= 15 is 0 Å². The lowest BCUT2D eigenvalue weighted by atomic mass is 10.2. The molecular formula is C11H25N3O2S. The molecule has 1 rings (SSSR count). The highest BCUT2D eigenvalue weighted by molar-refractivity contribution is 7.90. The van der Waals surface area contributed by atoms with Crippen LogP contribution < -0.4 is 10.0 Å². The van der Waals surface area contributed by atoms with E-state index in [0.29, 0.717) is 0 Å². The summed E-state index contributed by atoms with van der Waals surface area (Å²) in [5, 5.41) is 2.96. The fourth-order valence-corrected chi connectivity index (χ4v) is 3.72. The van der Waals surface area contributed by atoms with E-state index in [0.717, 1.165) is 38.9 Å². The van der Waals surface area contributed by atoms with E-state index in [9.17, 15) is 8.42 Å². The lowest BCUT2D eigenvalue weighted by molar-refractivity contribution is 0.377. The standard InChI is InChI=1S/C11H25N3O2S/c1-10(6-9-14(2)3)13-17(15,16)11-4-7-12-8-5-11/h10-13H,4-9H2,1-3H3. The van der Waals surface area contributed by atoms with Crippen LogP contribution in [-0.4, -0.2) is 58.3 Å². The topological polar surface area (TPSA) is 61.4 Å². The van der Waals surface area contributed by atoms with Gasteiger partial charge in [0.15, 0.2) is 0 Å². The molecule has 0 aromatic carbocycles. The highest BCUT2D eigenvalue weighted by Crippen LogP contribution is 2.12. The predicted molar refractivity (Wildman–Crippen MR) is 70.6 cm³/mol. The van der Waals surface area contributed by atoms with Gasteiger partial charge in [0.25, 0.3) is 0 Å². The minimum absolute atomic E-state index is 0.0114. The molecule has 0 bridgehead atoms. The van der Waals surface area contributed by atoms with Crippen molar-refractivity contribution >= 4 is 10.0 Å². The summed E-state index contributed by atoms with van der Waals surface area (Å²) in [6, 6.07) is 0.0114. The van der Waals surface area contributed by atoms with Crippen molar-refractivity contribution < 1.29 is 8.42 Å². The van der Waals surface area contributed by atoms with E-state index in [2.05, 4.69) is 14.9 Å². The van der Waals surface area contributed by atoms with Gasteiger partial charge >= 0.3 is 0 Å². The highest BCUT2D eigenvalue weighted by Gasteiger charge is 2.27. The average molecular weight is 263 g/mol. The summed E-state index contributed by atoms with van der Waals surface area (Å²) in [5.74, 6) is 0. The molecule has 5 nitrogen and oxygen atoms in total. The number of hydrogen-bond acceptors (Lipinski definition) is 4. The molecule has 1 saturated heterocycles. The number of hydrogen-bond donors (Lipinski definition) is 2. The maximum atomic E-state index is 12.1. The molecule has 1 aliphatic heterocycles. The van der Waals surface area contributed by atoms with Crippen LogP contribution in [0.15, 0.2) is 0 Å². The fraction of sp³-hybridized carbons (Fsp3) is 1.00. The van der Waals surface area contributed by atoms with Crippen molar-refractivity contribution in [1.29, 1.82) is 0 Å². The van der Waals surface area contributed by atoms with Crippen molar-refractivity contribution in [3.8, 4) is 0 Å². The molecule has 2 N–H and O–H groups in total. The SMILES string of the molecule is CC(CCN(C)C)NS(=O)(=O)C1CCNCC1. The van der Waals surface area contributed by atoms with Gasteiger partial charge in [-0.25, -0.2) is 13.1 Å². The molecule has 0 amide bonds. The minimum atomic E-state index is -3.14. The van der Waals surface area contributed by atoms with Gasteiger partial charge in [0.05, 0.1) is 5.25 Å². The zero-order valence-corrected chi connectivity index (χ0v) is 11.9. The number of rotatable bonds is 6. The molecule has 0 aromatic rings. The monoisotopic (exact) mass is 263 g/mol. The van der Waals surface area contributed by atoms with Crippen molar-refractivity contribution in [2.45, 2.75) is 37.5 Å². The van der Waals surface area contributed by atoms with Gasteiger partial charge in [-0.1, -0.05) is 0 Å². The molecule has 0 aromatic heterocycles. The van der Waals surface area contributed by atoms with Gasteiger partial charge in [0, 0.05) is 6.04 Å². The first-order valence-corrected chi connectivity index (χ1v) is 7.83. The molecule has 1 atom stereocenters. The van der Waals surface area contributed by atoms with Crippen LogP contribution in [0, 0.1) is 0 Å². The van der Waals surface area contributed by atoms with Crippen LogP contribution in [0.5, 0.6) is 0 Å². The molecule has 1 heterocycles. The Morgan fingerprint density at radius 3 is 2.47 bits per heavy atom. The van der Waals surface area contributed by atoms with Gasteiger partial charge in [-0.05, 0) is 59.9 Å². The Kier molecular flexibility index (Phi) is 5.85. The zero-order chi connectivity index (χ0) is 12.9. The van der Waals surface area contributed by atoms with Crippen molar-refractivity contribution in [1.82, 2.24) is 14.9 Å². The summed E-state index contributed by atoms with van der Waals surface area (Å²) in [7, 11) is 0.849. The van der Waals surface area contributed by atoms with Gasteiger partial charge in [-0.2, -0.15) is 0 Å². The van der Waals surface area contributed by atoms with E-state index in [-0.39, 0.29) is 11.3 Å². The molecule has 1 aliphatic rings. The second-order valence-electron chi connectivity index (χ2n) is 5.11. The van der Waals surface area contributed by atoms with E-state index in [1.54, 1.807) is 0 Å². The highest BCUT2D eigenvalue weighted by atomic mass is 32.2. The first-order chi connectivity index (χ1) is 7.92. The smallest absolute Gasteiger partial charge is 0.214 e. The van der Waals surface area contributed by atoms with E-state index in [4.69, 9.17) is 0 Å². The van der Waals surface area contributed by atoms with Gasteiger partial charge in [0.2, 0.25) is 10.0 Å². The maximum Gasteiger partial charge on any atom is 0.214 e. The van der Waals surface area contributed by atoms with Crippen molar-refractivity contribution in [3.05, 3.63) is 0 Å². The molecule has 0 saturated carbocycles. The Bertz CT molecular complexity index is 311. The van der Waals surface area contributed by atoms with Crippen LogP contribution in [-0.2, 0) is 10.0 Å². The summed E-state index contributed by atoms with van der Waals surface area (Å²) in [5.41, 5.74) is 0. The fourth-order valence-electron chi connectivity index (χ4n) is 1.99. The number of sulfonamides is 1. The second-order valence-corrected chi connectivity index (χ2v) is 7.10. The van der Waals surface area contributed by atoms with Crippen LogP contribution in [0.1, 0.15) is 26.2 Å². The Morgan fingerprint density at radius 1 is 1.35 bits per heavy atom. The largest absolute Gasteiger partial charge is 0.317 e. The maximum absolute atomic E-state index is 12.1. The van der Waals surface area contributed by atoms with Gasteiger partial charge in [0.1, 0.15) is 0 Å². The zero-order valence-electron chi connectivity index (χ0n) is 11.1. The molecule has 1 unspecified atom stereocenters. The molecule has 17 heavy (non-hydrogen) atoms. The first kappa shape index (κ1) is 14.9. The molecular weight excluding hydrogens is 238 g/mol. The van der Waals surface area contributed by atoms with Crippen molar-refractivity contribution in [3.63, 3.8) is 0 Å². The quantitative estimate of drug-likeness (QED) is 0.708. The van der Waals surface area contributed by atoms with Crippen molar-refractivity contribution in [2.75, 3.05) is 33.7 Å². The second kappa shape index (κ2) is 6.68. The van der Waals surface area contributed by atoms with E-state index < -0.39 is 10.0 Å². The van der Waals surface area contributed by atoms with Gasteiger partial charge in [-0.15, -0.1) is 0 Å². The van der Waals surface area contributed by atoms with Gasteiger partial charge < -0.3 is 10.2 Å². The van der Waals surface area contributed by atoms with E-state index in [1.807, 2.05) is 21.0 Å². The lowest BCUT2D eigenvalue weighted by Gasteiger charge is -2.25. The van der Waals surface area contributed by atoms with Crippen LogP contribution in [0.25, 0.3) is 0 Å². The van der Waals surface area contributed by atoms with Crippen LogP contribution >= 0.6 is 0 Å². The summed E-state index contributed by atoms with van der Waals surface area (Å²) in [6.07, 6.45) is 2.28. The lowest BCUT2D eigenvalue weighted by Crippen LogP contribution is -2.45. The van der Waals surface area contributed by atoms with E-state index in [1.165, 1.54) is 0 Å². The Balaban J connectivity index is 2.42. The minimum Gasteiger partial charge on any atom is -0.317 e. The third kappa shape index (κ3) is 5.33. The summed E-state index contributed by atoms with van der Waals surface area (Å²) < 4.78 is 27.0. The molecule has 0 aliphatic carbocycles. The predicted octanol–water partition coefficient (Wildman–Crippen LogP) is -0.00200. The third-order valence-corrected chi connectivity index (χ3v) is 5.18. The van der Waals surface area contributed by atoms with Gasteiger partial charge in [-0.3, -0.25) is 0 Å². The molecule has 1 fully saturated rings. The summed E-state index contributed by atoms with van der Waals surface area (Å²) in [4.78, 5) is 2.06. The first-order valence-electron chi connectivity index (χ1n) is 6.28. The van der Waals surface area contributed by atoms with Crippen LogP contribution in [0.2, 0.25) is 0 Å². The van der Waals surface area contributed by atoms with Crippen LogP contribution in [0.3, 0.4) is 0 Å². The molecule has 0 spiro atoms. The molecule has 0 radical (unpaired) electrons. The summed E-state index contributed by atoms with van der Waals surface area (Å²) in [6.45, 7) is 4.44. The van der Waals surface area contributed by atoms with Crippen LogP contribution in [0.4, 0.5) is 0 Å². The average Bonchev–Trinajstić information content (AvgIpc) is 2.27. The Morgan fingerprint density at radius 2 is 1.94 bits per heavy atom. The molecule has 102 valence electrons. The Labute approximate surface area is 105 Å².